The van der Waals surface area contributed by atoms with Crippen LogP contribution in [0.25, 0.3) is 0 Å². The van der Waals surface area contributed by atoms with Crippen molar-refractivity contribution in [3.63, 3.8) is 0 Å². The molecule has 0 spiro atoms. The molecule has 0 radical (unpaired) electrons. The molecule has 2 rings (SSSR count). The number of thiophene rings is 1. The number of halogens is 1. The quantitative estimate of drug-likeness (QED) is 0.555. The number of hydrogen-bond donors (Lipinski definition) is 1. The van der Waals surface area contributed by atoms with Gasteiger partial charge in [-0.3, -0.25) is 9.59 Å². The summed E-state index contributed by atoms with van der Waals surface area (Å²) >= 11 is 8.74. The number of thioether (sulfide) groups is 1. The third-order valence-electron chi connectivity index (χ3n) is 3.42. The molecule has 0 saturated heterocycles. The standard InChI is InChI=1S/C17H18ClNO2S2/c1-11(12-3-5-13(22-2)6-4-12)19-17(21)10-7-14(20)15-8-9-16(18)23-15/h3-6,8-9,11H,7,10H2,1-2H3,(H,19,21). The van der Waals surface area contributed by atoms with Crippen LogP contribution in [0.3, 0.4) is 0 Å². The van der Waals surface area contributed by atoms with Crippen molar-refractivity contribution in [3.05, 3.63) is 51.2 Å². The summed E-state index contributed by atoms with van der Waals surface area (Å²) < 4.78 is 0.583. The molecule has 1 aromatic heterocycles. The topological polar surface area (TPSA) is 46.2 Å². The predicted octanol–water partition coefficient (Wildman–Crippen LogP) is 4.96. The van der Waals surface area contributed by atoms with E-state index in [4.69, 9.17) is 11.6 Å². The fraction of sp³-hybridized carbons (Fsp3) is 0.294. The van der Waals surface area contributed by atoms with Crippen LogP contribution in [0, 0.1) is 0 Å². The highest BCUT2D eigenvalue weighted by atomic mass is 35.5. The molecule has 0 fully saturated rings. The van der Waals surface area contributed by atoms with Crippen molar-refractivity contribution in [2.75, 3.05) is 6.26 Å². The first-order valence-corrected chi connectivity index (χ1v) is 9.63. The zero-order valence-corrected chi connectivity index (χ0v) is 15.4. The van der Waals surface area contributed by atoms with Gasteiger partial charge in [0.1, 0.15) is 0 Å². The maximum absolute atomic E-state index is 12.0. The van der Waals surface area contributed by atoms with Crippen molar-refractivity contribution in [2.24, 2.45) is 0 Å². The highest BCUT2D eigenvalue weighted by molar-refractivity contribution is 7.98. The fourth-order valence-electron chi connectivity index (χ4n) is 2.10. The van der Waals surface area contributed by atoms with E-state index in [-0.39, 0.29) is 30.6 Å². The molecule has 1 aromatic carbocycles. The van der Waals surface area contributed by atoms with Gasteiger partial charge in [-0.1, -0.05) is 23.7 Å². The number of carbonyl (C=O) groups excluding carboxylic acids is 2. The van der Waals surface area contributed by atoms with E-state index in [1.807, 2.05) is 37.4 Å². The van der Waals surface area contributed by atoms with Gasteiger partial charge in [0, 0.05) is 17.7 Å². The Morgan fingerprint density at radius 3 is 2.43 bits per heavy atom. The third kappa shape index (κ3) is 5.37. The van der Waals surface area contributed by atoms with E-state index in [0.29, 0.717) is 9.21 Å². The van der Waals surface area contributed by atoms with Crippen LogP contribution >= 0.6 is 34.7 Å². The van der Waals surface area contributed by atoms with Crippen LogP contribution in [0.1, 0.15) is 41.0 Å². The maximum atomic E-state index is 12.0. The summed E-state index contributed by atoms with van der Waals surface area (Å²) in [5.41, 5.74) is 1.05. The van der Waals surface area contributed by atoms with Gasteiger partial charge < -0.3 is 5.32 Å². The SMILES string of the molecule is CSc1ccc(C(C)NC(=O)CCC(=O)c2ccc(Cl)s2)cc1. The van der Waals surface area contributed by atoms with Crippen molar-refractivity contribution < 1.29 is 9.59 Å². The van der Waals surface area contributed by atoms with Gasteiger partial charge in [-0.2, -0.15) is 0 Å². The summed E-state index contributed by atoms with van der Waals surface area (Å²) in [6.45, 7) is 1.94. The minimum Gasteiger partial charge on any atom is -0.350 e. The van der Waals surface area contributed by atoms with Crippen LogP contribution in [0.2, 0.25) is 4.34 Å². The number of ketones is 1. The lowest BCUT2D eigenvalue weighted by Gasteiger charge is -2.14. The average Bonchev–Trinajstić information content (AvgIpc) is 2.99. The van der Waals surface area contributed by atoms with Crippen LogP contribution in [0.15, 0.2) is 41.3 Å². The first-order chi connectivity index (χ1) is 11.0. The van der Waals surface area contributed by atoms with Crippen LogP contribution < -0.4 is 5.32 Å². The van der Waals surface area contributed by atoms with Crippen LogP contribution in [0.5, 0.6) is 0 Å². The zero-order chi connectivity index (χ0) is 16.8. The highest BCUT2D eigenvalue weighted by Crippen LogP contribution is 2.23. The predicted molar refractivity (Wildman–Crippen MR) is 97.7 cm³/mol. The Kier molecular flexibility index (Phi) is 6.69. The Morgan fingerprint density at radius 2 is 1.87 bits per heavy atom. The number of carbonyl (C=O) groups is 2. The summed E-state index contributed by atoms with van der Waals surface area (Å²) in [6, 6.07) is 11.4. The van der Waals surface area contributed by atoms with Crippen molar-refractivity contribution in [1.29, 1.82) is 0 Å². The van der Waals surface area contributed by atoms with Gasteiger partial charge in [0.05, 0.1) is 15.3 Å². The lowest BCUT2D eigenvalue weighted by atomic mass is 10.1. The molecule has 1 unspecified atom stereocenters. The van der Waals surface area contributed by atoms with Gasteiger partial charge in [-0.15, -0.1) is 23.1 Å². The van der Waals surface area contributed by atoms with Gasteiger partial charge in [0.25, 0.3) is 0 Å². The second-order valence-electron chi connectivity index (χ2n) is 5.09. The Bertz CT molecular complexity index is 682. The number of Topliss-reactive ketones (excluding diaryl/α,β-unsaturated/α-hetero) is 1. The molecule has 0 bridgehead atoms. The van der Waals surface area contributed by atoms with Gasteiger partial charge in [-0.05, 0) is 43.0 Å². The number of benzene rings is 1. The second kappa shape index (κ2) is 8.52. The first-order valence-electron chi connectivity index (χ1n) is 7.21. The molecule has 0 aliphatic carbocycles. The molecular weight excluding hydrogens is 350 g/mol. The lowest BCUT2D eigenvalue weighted by molar-refractivity contribution is -0.121. The van der Waals surface area contributed by atoms with Gasteiger partial charge in [0.2, 0.25) is 5.91 Å². The maximum Gasteiger partial charge on any atom is 0.220 e. The lowest BCUT2D eigenvalue weighted by Crippen LogP contribution is -2.26. The van der Waals surface area contributed by atoms with E-state index in [1.165, 1.54) is 16.2 Å². The monoisotopic (exact) mass is 367 g/mol. The third-order valence-corrected chi connectivity index (χ3v) is 5.44. The van der Waals surface area contributed by atoms with Crippen molar-refractivity contribution in [1.82, 2.24) is 5.32 Å². The minimum absolute atomic E-state index is 0.0472. The van der Waals surface area contributed by atoms with Crippen LogP contribution in [-0.4, -0.2) is 17.9 Å². The Morgan fingerprint density at radius 1 is 1.17 bits per heavy atom. The molecule has 0 aliphatic rings. The molecule has 1 heterocycles. The number of rotatable bonds is 7. The Hall–Kier alpha value is -1.30. The summed E-state index contributed by atoms with van der Waals surface area (Å²) in [7, 11) is 0. The first kappa shape index (κ1) is 18.0. The van der Waals surface area contributed by atoms with E-state index < -0.39 is 0 Å². The minimum atomic E-state index is -0.123. The molecule has 23 heavy (non-hydrogen) atoms. The number of amides is 1. The fourth-order valence-corrected chi connectivity index (χ4v) is 3.52. The Labute approximate surface area is 149 Å². The van der Waals surface area contributed by atoms with Gasteiger partial charge in [-0.25, -0.2) is 0 Å². The molecular formula is C17H18ClNO2S2. The van der Waals surface area contributed by atoms with Crippen LogP contribution in [-0.2, 0) is 4.79 Å². The van der Waals surface area contributed by atoms with E-state index >= 15 is 0 Å². The van der Waals surface area contributed by atoms with Gasteiger partial charge >= 0.3 is 0 Å². The molecule has 122 valence electrons. The zero-order valence-electron chi connectivity index (χ0n) is 13.0. The second-order valence-corrected chi connectivity index (χ2v) is 7.68. The van der Waals surface area contributed by atoms with Gasteiger partial charge in [0.15, 0.2) is 5.78 Å². The molecule has 0 saturated carbocycles. The molecule has 2 aromatic rings. The molecule has 1 N–H and O–H groups in total. The number of nitrogens with one attached hydrogen (secondary N) is 1. The van der Waals surface area contributed by atoms with Crippen molar-refractivity contribution in [2.45, 2.75) is 30.7 Å². The largest absolute Gasteiger partial charge is 0.350 e. The van der Waals surface area contributed by atoms with E-state index in [9.17, 15) is 9.59 Å². The highest BCUT2D eigenvalue weighted by Gasteiger charge is 2.13. The van der Waals surface area contributed by atoms with E-state index in [2.05, 4.69) is 5.32 Å². The molecule has 6 heteroatoms. The smallest absolute Gasteiger partial charge is 0.220 e. The van der Waals surface area contributed by atoms with Crippen molar-refractivity contribution >= 4 is 46.4 Å². The molecule has 1 atom stereocenters. The van der Waals surface area contributed by atoms with E-state index in [0.717, 1.165) is 5.56 Å². The number of hydrogen-bond acceptors (Lipinski definition) is 4. The molecule has 0 aliphatic heterocycles. The summed E-state index contributed by atoms with van der Waals surface area (Å²) in [5, 5.41) is 2.93. The summed E-state index contributed by atoms with van der Waals surface area (Å²) in [4.78, 5) is 25.7. The molecule has 1 amide bonds. The summed E-state index contributed by atoms with van der Waals surface area (Å²) in [6.07, 6.45) is 2.40. The van der Waals surface area contributed by atoms with E-state index in [1.54, 1.807) is 23.9 Å². The average molecular weight is 368 g/mol. The summed E-state index contributed by atoms with van der Waals surface area (Å²) in [5.74, 6) is -0.170. The van der Waals surface area contributed by atoms with Crippen molar-refractivity contribution in [3.8, 4) is 0 Å². The normalized spacial score (nSPS) is 12.0. The molecule has 3 nitrogen and oxygen atoms in total. The van der Waals surface area contributed by atoms with Crippen LogP contribution in [0.4, 0.5) is 0 Å². The Balaban J connectivity index is 1.82.